The predicted molar refractivity (Wildman–Crippen MR) is 89.4 cm³/mol. The van der Waals surface area contributed by atoms with Gasteiger partial charge in [-0.1, -0.05) is 30.0 Å². The number of nitrogens with zero attached hydrogens (tertiary/aromatic N) is 3. The van der Waals surface area contributed by atoms with E-state index in [0.29, 0.717) is 5.16 Å². The molecule has 1 amide bonds. The number of hydrazone groups is 1. The Hall–Kier alpha value is -2.42. The number of hydrogen-bond acceptors (Lipinski definition) is 5. The van der Waals surface area contributed by atoms with Crippen LogP contribution in [0, 0.1) is 13.8 Å². The number of hydrogen-bond donors (Lipinski definition) is 1. The Morgan fingerprint density at radius 2 is 1.88 bits per heavy atom. The Labute approximate surface area is 146 Å². The molecule has 132 valence electrons. The van der Waals surface area contributed by atoms with E-state index in [4.69, 9.17) is 0 Å². The van der Waals surface area contributed by atoms with E-state index in [2.05, 4.69) is 20.5 Å². The number of aromatic nitrogens is 2. The van der Waals surface area contributed by atoms with Crippen molar-refractivity contribution in [3.63, 3.8) is 0 Å². The molecule has 2 aromatic rings. The maximum Gasteiger partial charge on any atom is 0.417 e. The van der Waals surface area contributed by atoms with Gasteiger partial charge in [-0.15, -0.1) is 0 Å². The van der Waals surface area contributed by atoms with E-state index in [1.165, 1.54) is 18.2 Å². The summed E-state index contributed by atoms with van der Waals surface area (Å²) >= 11 is 1.12. The molecule has 25 heavy (non-hydrogen) atoms. The fourth-order valence-electron chi connectivity index (χ4n) is 1.96. The molecule has 1 aromatic heterocycles. The number of carbonyl (C=O) groups excluding carboxylic acids is 1. The standard InChI is InChI=1S/C16H15F3N4OS/c1-10-7-11(2)22-15(21-10)25-9-14(24)23-20-8-12-5-3-4-6-13(12)16(17,18)19/h3-8H,9H2,1-2H3,(H,23,24). The Morgan fingerprint density at radius 3 is 2.52 bits per heavy atom. The van der Waals surface area contributed by atoms with Crippen molar-refractivity contribution in [3.8, 4) is 0 Å². The first-order valence-electron chi connectivity index (χ1n) is 7.19. The SMILES string of the molecule is Cc1cc(C)nc(SCC(=O)NN=Cc2ccccc2C(F)(F)F)n1. The largest absolute Gasteiger partial charge is 0.417 e. The maximum atomic E-state index is 12.8. The van der Waals surface area contributed by atoms with Gasteiger partial charge < -0.3 is 0 Å². The number of nitrogens with one attached hydrogen (secondary N) is 1. The summed E-state index contributed by atoms with van der Waals surface area (Å²) in [6, 6.07) is 6.80. The topological polar surface area (TPSA) is 67.2 Å². The van der Waals surface area contributed by atoms with Gasteiger partial charge in [0.25, 0.3) is 5.91 Å². The van der Waals surface area contributed by atoms with Crippen LogP contribution in [0.15, 0.2) is 40.6 Å². The van der Waals surface area contributed by atoms with Gasteiger partial charge >= 0.3 is 6.18 Å². The van der Waals surface area contributed by atoms with Gasteiger partial charge in [0.1, 0.15) is 0 Å². The number of halogens is 3. The van der Waals surface area contributed by atoms with Crippen molar-refractivity contribution in [3.05, 3.63) is 52.8 Å². The summed E-state index contributed by atoms with van der Waals surface area (Å²) in [4.78, 5) is 20.1. The van der Waals surface area contributed by atoms with Gasteiger partial charge in [0, 0.05) is 17.0 Å². The maximum absolute atomic E-state index is 12.8. The molecule has 1 aromatic carbocycles. The molecule has 0 saturated heterocycles. The summed E-state index contributed by atoms with van der Waals surface area (Å²) in [5.41, 5.74) is 2.84. The highest BCUT2D eigenvalue weighted by molar-refractivity contribution is 7.99. The zero-order valence-electron chi connectivity index (χ0n) is 13.5. The molecule has 1 N–H and O–H groups in total. The number of benzene rings is 1. The summed E-state index contributed by atoms with van der Waals surface area (Å²) < 4.78 is 38.5. The van der Waals surface area contributed by atoms with Crippen LogP contribution in [0.3, 0.4) is 0 Å². The zero-order chi connectivity index (χ0) is 18.4. The fraction of sp³-hybridized carbons (Fsp3) is 0.250. The molecule has 9 heteroatoms. The number of carbonyl (C=O) groups is 1. The molecule has 5 nitrogen and oxygen atoms in total. The van der Waals surface area contributed by atoms with Crippen molar-refractivity contribution >= 4 is 23.9 Å². The predicted octanol–water partition coefficient (Wildman–Crippen LogP) is 3.35. The van der Waals surface area contributed by atoms with Crippen molar-refractivity contribution in [2.45, 2.75) is 25.2 Å². The molecule has 0 saturated carbocycles. The summed E-state index contributed by atoms with van der Waals surface area (Å²) in [6.07, 6.45) is -3.51. The third kappa shape index (κ3) is 5.86. The van der Waals surface area contributed by atoms with Crippen LogP contribution < -0.4 is 5.43 Å². The molecule has 0 aliphatic heterocycles. The molecule has 0 unspecified atom stereocenters. The Morgan fingerprint density at radius 1 is 1.24 bits per heavy atom. The lowest BCUT2D eigenvalue weighted by molar-refractivity contribution is -0.137. The average Bonchev–Trinajstić information content (AvgIpc) is 2.51. The number of rotatable bonds is 5. The van der Waals surface area contributed by atoms with Crippen molar-refractivity contribution < 1.29 is 18.0 Å². The highest BCUT2D eigenvalue weighted by atomic mass is 32.2. The molecule has 1 heterocycles. The van der Waals surface area contributed by atoms with Gasteiger partial charge in [0.05, 0.1) is 17.5 Å². The van der Waals surface area contributed by atoms with Crippen LogP contribution in [-0.4, -0.2) is 27.8 Å². The number of alkyl halides is 3. The normalized spacial score (nSPS) is 11.7. The van der Waals surface area contributed by atoms with E-state index in [1.807, 2.05) is 19.9 Å². The lowest BCUT2D eigenvalue weighted by Crippen LogP contribution is -2.20. The van der Waals surface area contributed by atoms with Gasteiger partial charge in [0.15, 0.2) is 5.16 Å². The fourth-order valence-corrected chi connectivity index (χ4v) is 2.70. The van der Waals surface area contributed by atoms with E-state index in [-0.39, 0.29) is 11.3 Å². The van der Waals surface area contributed by atoms with Crippen LogP contribution >= 0.6 is 11.8 Å². The molecular formula is C16H15F3N4OS. The molecular weight excluding hydrogens is 353 g/mol. The first-order chi connectivity index (χ1) is 11.8. The van der Waals surface area contributed by atoms with Crippen molar-refractivity contribution in [1.29, 1.82) is 0 Å². The van der Waals surface area contributed by atoms with Gasteiger partial charge in [-0.05, 0) is 26.0 Å². The van der Waals surface area contributed by atoms with Crippen LogP contribution in [0.2, 0.25) is 0 Å². The van der Waals surface area contributed by atoms with Gasteiger partial charge in [-0.3, -0.25) is 4.79 Å². The quantitative estimate of drug-likeness (QED) is 0.380. The Kier molecular flexibility index (Phi) is 6.13. The lowest BCUT2D eigenvalue weighted by Gasteiger charge is -2.09. The molecule has 0 atom stereocenters. The highest BCUT2D eigenvalue weighted by Gasteiger charge is 2.32. The Bertz CT molecular complexity index is 773. The average molecular weight is 368 g/mol. The molecule has 0 aliphatic rings. The number of thioether (sulfide) groups is 1. The second-order valence-corrected chi connectivity index (χ2v) is 6.04. The summed E-state index contributed by atoms with van der Waals surface area (Å²) in [6.45, 7) is 3.64. The van der Waals surface area contributed by atoms with E-state index in [1.54, 1.807) is 0 Å². The third-order valence-electron chi connectivity index (χ3n) is 2.95. The number of amides is 1. The van der Waals surface area contributed by atoms with Gasteiger partial charge in [-0.2, -0.15) is 18.3 Å². The summed E-state index contributed by atoms with van der Waals surface area (Å²) in [5.74, 6) is -0.463. The minimum Gasteiger partial charge on any atom is -0.272 e. The van der Waals surface area contributed by atoms with Crippen LogP contribution in [-0.2, 0) is 11.0 Å². The first-order valence-corrected chi connectivity index (χ1v) is 8.17. The minimum atomic E-state index is -4.48. The molecule has 0 spiro atoms. The van der Waals surface area contributed by atoms with E-state index >= 15 is 0 Å². The minimum absolute atomic E-state index is 0.00114. The second-order valence-electron chi connectivity index (χ2n) is 5.10. The van der Waals surface area contributed by atoms with Crippen LogP contribution in [0.25, 0.3) is 0 Å². The molecule has 0 bridgehead atoms. The van der Waals surface area contributed by atoms with E-state index in [9.17, 15) is 18.0 Å². The molecule has 0 fully saturated rings. The summed E-state index contributed by atoms with van der Waals surface area (Å²) in [7, 11) is 0. The van der Waals surface area contributed by atoms with Gasteiger partial charge in [-0.25, -0.2) is 15.4 Å². The monoisotopic (exact) mass is 368 g/mol. The smallest absolute Gasteiger partial charge is 0.272 e. The summed E-state index contributed by atoms with van der Waals surface area (Å²) in [5, 5.41) is 4.04. The molecule has 0 radical (unpaired) electrons. The second kappa shape index (κ2) is 8.11. The number of aryl methyl sites for hydroxylation is 2. The van der Waals surface area contributed by atoms with Crippen molar-refractivity contribution in [2.75, 3.05) is 5.75 Å². The highest BCUT2D eigenvalue weighted by Crippen LogP contribution is 2.31. The van der Waals surface area contributed by atoms with E-state index in [0.717, 1.165) is 35.4 Å². The zero-order valence-corrected chi connectivity index (χ0v) is 14.3. The van der Waals surface area contributed by atoms with Crippen molar-refractivity contribution in [2.24, 2.45) is 5.10 Å². The molecule has 0 aliphatic carbocycles. The molecule has 2 rings (SSSR count). The van der Waals surface area contributed by atoms with Crippen LogP contribution in [0.1, 0.15) is 22.5 Å². The third-order valence-corrected chi connectivity index (χ3v) is 3.80. The first kappa shape index (κ1) is 18.9. The lowest BCUT2D eigenvalue weighted by atomic mass is 10.1. The Balaban J connectivity index is 1.93. The van der Waals surface area contributed by atoms with Crippen LogP contribution in [0.4, 0.5) is 13.2 Å². The van der Waals surface area contributed by atoms with Gasteiger partial charge in [0.2, 0.25) is 0 Å². The van der Waals surface area contributed by atoms with E-state index < -0.39 is 17.6 Å². The van der Waals surface area contributed by atoms with Crippen molar-refractivity contribution in [1.82, 2.24) is 15.4 Å². The van der Waals surface area contributed by atoms with Crippen LogP contribution in [0.5, 0.6) is 0 Å².